The summed E-state index contributed by atoms with van der Waals surface area (Å²) in [6, 6.07) is 60.0. The van der Waals surface area contributed by atoms with Gasteiger partial charge in [-0.2, -0.15) is 0 Å². The van der Waals surface area contributed by atoms with Crippen LogP contribution in [0.15, 0.2) is 217 Å². The molecule has 5 heterocycles. The lowest BCUT2D eigenvalue weighted by atomic mass is 9.96. The van der Waals surface area contributed by atoms with Gasteiger partial charge in [0.25, 0.3) is 0 Å². The maximum atomic E-state index is 5.32. The van der Waals surface area contributed by atoms with Gasteiger partial charge in [-0.05, 0) is 12.1 Å². The molecule has 10 aromatic rings. The average molecular weight is 823 g/mol. The molecular weight excluding hydrogens is 789 g/mol. The molecule has 0 atom stereocenters. The SMILES string of the molecule is c1ccc(-c2nc(-c3ccccc3)nc(-c3ccc(/C4=N/c5cnccc5/C(c5ccc(-c6nc(-c7ccccc7)nc(-c7ccccc7)n6)cc5)=N\c5cnccc54)cc3)n2)cc1. The molecule has 0 spiro atoms. The fraction of sp³-hybridized carbons (Fsp3) is 0. The van der Waals surface area contributed by atoms with Gasteiger partial charge in [0.2, 0.25) is 0 Å². The van der Waals surface area contributed by atoms with Gasteiger partial charge in [-0.15, -0.1) is 0 Å². The Morgan fingerprint density at radius 2 is 0.484 bits per heavy atom. The maximum Gasteiger partial charge on any atom is 0.164 e. The van der Waals surface area contributed by atoms with E-state index in [1.165, 1.54) is 0 Å². The largest absolute Gasteiger partial charge is 0.262 e. The highest BCUT2D eigenvalue weighted by Crippen LogP contribution is 2.34. The number of rotatable bonds is 8. The minimum atomic E-state index is 0.571. The monoisotopic (exact) mass is 822 g/mol. The first-order valence-corrected chi connectivity index (χ1v) is 20.7. The highest BCUT2D eigenvalue weighted by Gasteiger charge is 2.22. The van der Waals surface area contributed by atoms with Crippen molar-refractivity contribution >= 4 is 22.8 Å². The van der Waals surface area contributed by atoms with E-state index < -0.39 is 0 Å². The second kappa shape index (κ2) is 16.8. The first kappa shape index (κ1) is 37.9. The van der Waals surface area contributed by atoms with Crippen molar-refractivity contribution in [2.24, 2.45) is 9.98 Å². The summed E-state index contributed by atoms with van der Waals surface area (Å²) >= 11 is 0. The Hall–Kier alpha value is -9.02. The Kier molecular flexibility index (Phi) is 9.96. The topological polar surface area (TPSA) is 128 Å². The molecule has 10 nitrogen and oxygen atoms in total. The predicted molar refractivity (Wildman–Crippen MR) is 251 cm³/mol. The van der Waals surface area contributed by atoms with Gasteiger partial charge >= 0.3 is 0 Å². The summed E-state index contributed by atoms with van der Waals surface area (Å²) < 4.78 is 0. The quantitative estimate of drug-likeness (QED) is 0.148. The lowest BCUT2D eigenvalue weighted by Crippen LogP contribution is -2.11. The van der Waals surface area contributed by atoms with E-state index in [1.807, 2.05) is 182 Å². The van der Waals surface area contributed by atoms with Crippen molar-refractivity contribution in [2.75, 3.05) is 0 Å². The molecule has 0 radical (unpaired) electrons. The molecule has 1 aliphatic heterocycles. The molecule has 11 rings (SSSR count). The van der Waals surface area contributed by atoms with E-state index in [1.54, 1.807) is 24.8 Å². The van der Waals surface area contributed by atoms with Crippen LogP contribution in [0.25, 0.3) is 68.3 Å². The molecule has 0 unspecified atom stereocenters. The molecule has 300 valence electrons. The van der Waals surface area contributed by atoms with Gasteiger partial charge in [0, 0.05) is 68.0 Å². The first-order valence-electron chi connectivity index (χ1n) is 20.7. The molecule has 0 amide bonds. The number of nitrogens with zero attached hydrogens (tertiary/aromatic N) is 10. The second-order valence-corrected chi connectivity index (χ2v) is 14.9. The van der Waals surface area contributed by atoms with E-state index in [4.69, 9.17) is 39.9 Å². The molecule has 0 fully saturated rings. The van der Waals surface area contributed by atoms with Crippen molar-refractivity contribution in [2.45, 2.75) is 0 Å². The Labute approximate surface area is 368 Å². The van der Waals surface area contributed by atoms with E-state index in [0.717, 1.165) is 67.1 Å². The third-order valence-corrected chi connectivity index (χ3v) is 10.8. The number of pyridine rings is 2. The van der Waals surface area contributed by atoms with E-state index in [-0.39, 0.29) is 0 Å². The molecule has 0 aliphatic carbocycles. The van der Waals surface area contributed by atoms with Crippen LogP contribution < -0.4 is 0 Å². The van der Waals surface area contributed by atoms with Gasteiger partial charge in [0.05, 0.1) is 35.2 Å². The Balaban J connectivity index is 0.959. The molecule has 64 heavy (non-hydrogen) atoms. The molecule has 6 aromatic carbocycles. The number of hydrogen-bond acceptors (Lipinski definition) is 10. The summed E-state index contributed by atoms with van der Waals surface area (Å²) in [4.78, 5) is 49.1. The molecule has 4 aromatic heterocycles. The highest BCUT2D eigenvalue weighted by molar-refractivity contribution is 6.22. The van der Waals surface area contributed by atoms with Crippen LogP contribution in [0.3, 0.4) is 0 Å². The number of aromatic nitrogens is 8. The van der Waals surface area contributed by atoms with Gasteiger partial charge < -0.3 is 0 Å². The van der Waals surface area contributed by atoms with Crippen LogP contribution in [-0.4, -0.2) is 51.3 Å². The third-order valence-electron chi connectivity index (χ3n) is 10.8. The lowest BCUT2D eigenvalue weighted by Gasteiger charge is -2.18. The molecular formula is C54H34N10. The standard InChI is InChI=1S/C54H34N10/c1-5-13-37(14-6-1)49-59-50(38-15-7-2-8-16-38)62-53(61-49)41-25-21-35(22-26-41)47-43-29-31-55-33-45(43)58-48(44-30-32-56-34-46(44)57-47)36-23-27-42(28-24-36)54-63-51(39-17-9-3-10-18-39)60-52(64-54)40-19-11-4-12-20-40/h1-34H/b47-43?,48-44?,57-46?,57-47-,58-45?,58-48-. The average Bonchev–Trinajstić information content (AvgIpc) is 3.38. The number of fused-ring (bicyclic) bond motifs is 2. The van der Waals surface area contributed by atoms with Crippen LogP contribution in [0.5, 0.6) is 0 Å². The second-order valence-electron chi connectivity index (χ2n) is 14.9. The van der Waals surface area contributed by atoms with Crippen molar-refractivity contribution in [3.05, 3.63) is 229 Å². The zero-order valence-corrected chi connectivity index (χ0v) is 34.1. The highest BCUT2D eigenvalue weighted by atomic mass is 15.0. The van der Waals surface area contributed by atoms with Gasteiger partial charge in [-0.3, -0.25) is 9.97 Å². The summed E-state index contributed by atoms with van der Waals surface area (Å²) in [6.07, 6.45) is 7.09. The van der Waals surface area contributed by atoms with Crippen LogP contribution in [0.1, 0.15) is 22.3 Å². The van der Waals surface area contributed by atoms with Gasteiger partial charge in [0.15, 0.2) is 34.9 Å². The minimum absolute atomic E-state index is 0.571. The number of benzene rings is 6. The summed E-state index contributed by atoms with van der Waals surface area (Å²) in [5.41, 5.74) is 11.6. The van der Waals surface area contributed by atoms with Crippen LogP contribution in [0.4, 0.5) is 11.4 Å². The molecule has 0 bridgehead atoms. The van der Waals surface area contributed by atoms with E-state index in [9.17, 15) is 0 Å². The summed E-state index contributed by atoms with van der Waals surface area (Å²) in [7, 11) is 0. The molecule has 10 heteroatoms. The number of aliphatic imine (C=N–C) groups is 2. The summed E-state index contributed by atoms with van der Waals surface area (Å²) in [6.45, 7) is 0. The smallest absolute Gasteiger partial charge is 0.164 e. The van der Waals surface area contributed by atoms with Crippen LogP contribution in [0.2, 0.25) is 0 Å². The molecule has 0 saturated carbocycles. The molecule has 1 aliphatic rings. The van der Waals surface area contributed by atoms with Crippen molar-refractivity contribution in [1.29, 1.82) is 0 Å². The third kappa shape index (κ3) is 7.63. The van der Waals surface area contributed by atoms with Crippen LogP contribution in [0, 0.1) is 0 Å². The normalized spacial score (nSPS) is 13.6. The van der Waals surface area contributed by atoms with Crippen molar-refractivity contribution in [1.82, 2.24) is 39.9 Å². The van der Waals surface area contributed by atoms with Crippen molar-refractivity contribution in [3.8, 4) is 68.3 Å². The predicted octanol–water partition coefficient (Wildman–Crippen LogP) is 11.5. The van der Waals surface area contributed by atoms with Gasteiger partial charge in [-0.1, -0.05) is 170 Å². The van der Waals surface area contributed by atoms with E-state index >= 15 is 0 Å². The summed E-state index contributed by atoms with van der Waals surface area (Å²) in [5.74, 6) is 3.56. The zero-order valence-electron chi connectivity index (χ0n) is 34.1. The number of hydrogen-bond donors (Lipinski definition) is 0. The first-order chi connectivity index (χ1) is 31.7. The fourth-order valence-corrected chi connectivity index (χ4v) is 7.58. The Bertz CT molecular complexity index is 3000. The van der Waals surface area contributed by atoms with Gasteiger partial charge in [-0.25, -0.2) is 39.9 Å². The Morgan fingerprint density at radius 1 is 0.234 bits per heavy atom. The fourth-order valence-electron chi connectivity index (χ4n) is 7.58. The zero-order chi connectivity index (χ0) is 42.7. The lowest BCUT2D eigenvalue weighted by molar-refractivity contribution is 1.07. The maximum absolute atomic E-state index is 5.32. The summed E-state index contributed by atoms with van der Waals surface area (Å²) in [5, 5.41) is 0. The molecule has 0 N–H and O–H groups in total. The van der Waals surface area contributed by atoms with E-state index in [2.05, 4.69) is 9.97 Å². The van der Waals surface area contributed by atoms with Gasteiger partial charge in [0.1, 0.15) is 0 Å². The van der Waals surface area contributed by atoms with Crippen molar-refractivity contribution < 1.29 is 0 Å². The minimum Gasteiger partial charge on any atom is -0.262 e. The molecule has 0 saturated heterocycles. The Morgan fingerprint density at radius 3 is 0.766 bits per heavy atom. The van der Waals surface area contributed by atoms with E-state index in [0.29, 0.717) is 46.3 Å². The van der Waals surface area contributed by atoms with Crippen molar-refractivity contribution in [3.63, 3.8) is 0 Å². The van der Waals surface area contributed by atoms with Crippen LogP contribution >= 0.6 is 0 Å². The van der Waals surface area contributed by atoms with Crippen LogP contribution in [-0.2, 0) is 0 Å².